The number of carbonyl (C=O) groups is 1. The summed E-state index contributed by atoms with van der Waals surface area (Å²) in [5.41, 5.74) is 6.60. The van der Waals surface area contributed by atoms with Crippen molar-refractivity contribution in [2.24, 2.45) is 0 Å². The number of benzene rings is 1. The molecule has 1 aromatic carbocycles. The predicted octanol–water partition coefficient (Wildman–Crippen LogP) is 2.33. The molecule has 21 heavy (non-hydrogen) atoms. The van der Waals surface area contributed by atoms with Gasteiger partial charge in [0.25, 0.3) is 5.91 Å². The Morgan fingerprint density at radius 1 is 1.52 bits per heavy atom. The zero-order valence-corrected chi connectivity index (χ0v) is 13.2. The fourth-order valence-corrected chi connectivity index (χ4v) is 3.18. The topological polar surface area (TPSA) is 75.8 Å². The highest BCUT2D eigenvalue weighted by Gasteiger charge is 2.20. The Labute approximate surface area is 127 Å². The van der Waals surface area contributed by atoms with Gasteiger partial charge in [0, 0.05) is 23.7 Å². The summed E-state index contributed by atoms with van der Waals surface area (Å²) in [5, 5.41) is 10.2. The maximum atomic E-state index is 12.4. The number of amides is 1. The van der Waals surface area contributed by atoms with Crippen LogP contribution in [0.5, 0.6) is 5.75 Å². The van der Waals surface area contributed by atoms with Crippen molar-refractivity contribution in [3.8, 4) is 5.75 Å². The number of anilines is 1. The molecule has 2 aromatic rings. The molecule has 0 fully saturated rings. The van der Waals surface area contributed by atoms with Crippen LogP contribution in [0.15, 0.2) is 18.2 Å². The van der Waals surface area contributed by atoms with E-state index >= 15 is 0 Å². The van der Waals surface area contributed by atoms with Crippen molar-refractivity contribution in [3.05, 3.63) is 23.1 Å². The Hall–Kier alpha value is -1.79. The van der Waals surface area contributed by atoms with Crippen LogP contribution >= 0.6 is 11.3 Å². The Bertz CT molecular complexity index is 652. The van der Waals surface area contributed by atoms with Crippen LogP contribution in [0, 0.1) is 0 Å². The van der Waals surface area contributed by atoms with E-state index in [1.54, 1.807) is 26.0 Å². The van der Waals surface area contributed by atoms with Crippen LogP contribution in [-0.4, -0.2) is 42.7 Å². The van der Waals surface area contributed by atoms with Gasteiger partial charge in [0.2, 0.25) is 0 Å². The van der Waals surface area contributed by atoms with Crippen LogP contribution in [-0.2, 0) is 0 Å². The number of aliphatic hydroxyl groups excluding tert-OH is 1. The molecule has 6 heteroatoms. The van der Waals surface area contributed by atoms with E-state index in [-0.39, 0.29) is 5.91 Å². The quantitative estimate of drug-likeness (QED) is 0.889. The number of nitrogens with two attached hydrogens (primary N) is 1. The molecule has 3 N–H and O–H groups in total. The summed E-state index contributed by atoms with van der Waals surface area (Å²) in [6.45, 7) is 2.20. The van der Waals surface area contributed by atoms with Gasteiger partial charge in [-0.25, -0.2) is 0 Å². The second-order valence-electron chi connectivity index (χ2n) is 5.07. The first-order valence-corrected chi connectivity index (χ1v) is 7.55. The minimum Gasteiger partial charge on any atom is -0.497 e. The van der Waals surface area contributed by atoms with Gasteiger partial charge in [-0.05, 0) is 31.5 Å². The molecular formula is C15H20N2O3S. The molecule has 1 amide bonds. The minimum atomic E-state index is -0.427. The number of carbonyl (C=O) groups excluding carboxylic acids is 1. The standard InChI is InChI=1S/C15H20N2O3S/c1-9(18)6-7-17(2)15(19)14-13(16)11-5-4-10(20-3)8-12(11)21-14/h4-5,8-9,18H,6-7,16H2,1-3H3. The highest BCUT2D eigenvalue weighted by Crippen LogP contribution is 2.36. The molecule has 0 bridgehead atoms. The molecule has 1 aromatic heterocycles. The van der Waals surface area contributed by atoms with E-state index in [1.807, 2.05) is 18.2 Å². The minimum absolute atomic E-state index is 0.117. The molecule has 0 saturated carbocycles. The normalized spacial score (nSPS) is 12.4. The number of hydrogen-bond donors (Lipinski definition) is 2. The monoisotopic (exact) mass is 308 g/mol. The van der Waals surface area contributed by atoms with Crippen LogP contribution in [0.25, 0.3) is 10.1 Å². The van der Waals surface area contributed by atoms with Gasteiger partial charge in [0.05, 0.1) is 18.9 Å². The molecule has 114 valence electrons. The zero-order valence-electron chi connectivity index (χ0n) is 12.4. The summed E-state index contributed by atoms with van der Waals surface area (Å²) >= 11 is 1.37. The number of rotatable bonds is 5. The average molecular weight is 308 g/mol. The number of nitrogen functional groups attached to an aromatic ring is 1. The number of aliphatic hydroxyl groups is 1. The van der Waals surface area contributed by atoms with E-state index in [0.717, 1.165) is 15.8 Å². The maximum Gasteiger partial charge on any atom is 0.265 e. The molecule has 5 nitrogen and oxygen atoms in total. The Kier molecular flexibility index (Phi) is 4.69. The molecule has 0 saturated heterocycles. The molecule has 2 rings (SSSR count). The van der Waals surface area contributed by atoms with Gasteiger partial charge in [-0.1, -0.05) is 0 Å². The first kappa shape index (κ1) is 15.6. The lowest BCUT2D eigenvalue weighted by molar-refractivity contribution is 0.0774. The van der Waals surface area contributed by atoms with Gasteiger partial charge in [0.1, 0.15) is 10.6 Å². The largest absolute Gasteiger partial charge is 0.497 e. The van der Waals surface area contributed by atoms with E-state index in [1.165, 1.54) is 11.3 Å². The third-order valence-electron chi connectivity index (χ3n) is 3.36. The second kappa shape index (κ2) is 6.32. The molecule has 0 aliphatic carbocycles. The van der Waals surface area contributed by atoms with E-state index in [0.29, 0.717) is 23.5 Å². The van der Waals surface area contributed by atoms with E-state index in [2.05, 4.69) is 0 Å². The third kappa shape index (κ3) is 3.28. The smallest absolute Gasteiger partial charge is 0.265 e. The zero-order chi connectivity index (χ0) is 15.6. The molecule has 0 spiro atoms. The number of ether oxygens (including phenoxy) is 1. The van der Waals surface area contributed by atoms with Crippen molar-refractivity contribution in [1.29, 1.82) is 0 Å². The van der Waals surface area contributed by atoms with Crippen molar-refractivity contribution < 1.29 is 14.6 Å². The van der Waals surface area contributed by atoms with Gasteiger partial charge in [-0.15, -0.1) is 11.3 Å². The average Bonchev–Trinajstić information content (AvgIpc) is 2.80. The van der Waals surface area contributed by atoms with E-state index in [4.69, 9.17) is 10.5 Å². The number of fused-ring (bicyclic) bond motifs is 1. The highest BCUT2D eigenvalue weighted by atomic mass is 32.1. The number of thiophene rings is 1. The van der Waals surface area contributed by atoms with Crippen molar-refractivity contribution in [2.75, 3.05) is 26.4 Å². The van der Waals surface area contributed by atoms with Crippen LogP contribution < -0.4 is 10.5 Å². The van der Waals surface area contributed by atoms with Crippen molar-refractivity contribution >= 4 is 33.0 Å². The first-order valence-electron chi connectivity index (χ1n) is 6.73. The Morgan fingerprint density at radius 2 is 2.24 bits per heavy atom. The summed E-state index contributed by atoms with van der Waals surface area (Å²) < 4.78 is 6.12. The van der Waals surface area contributed by atoms with Crippen molar-refractivity contribution in [1.82, 2.24) is 4.90 Å². The molecule has 0 aliphatic rings. The molecule has 1 atom stereocenters. The molecular weight excluding hydrogens is 288 g/mol. The lowest BCUT2D eigenvalue weighted by Crippen LogP contribution is -2.29. The summed E-state index contributed by atoms with van der Waals surface area (Å²) in [7, 11) is 3.32. The van der Waals surface area contributed by atoms with Crippen LogP contribution in [0.2, 0.25) is 0 Å². The van der Waals surface area contributed by atoms with Crippen LogP contribution in [0.3, 0.4) is 0 Å². The number of nitrogens with zero attached hydrogens (tertiary/aromatic N) is 1. The van der Waals surface area contributed by atoms with Gasteiger partial charge >= 0.3 is 0 Å². The maximum absolute atomic E-state index is 12.4. The number of hydrogen-bond acceptors (Lipinski definition) is 5. The lowest BCUT2D eigenvalue weighted by atomic mass is 10.2. The molecule has 1 unspecified atom stereocenters. The first-order chi connectivity index (χ1) is 9.93. The Balaban J connectivity index is 2.28. The predicted molar refractivity (Wildman–Crippen MR) is 86.0 cm³/mol. The van der Waals surface area contributed by atoms with Gasteiger partial charge in [-0.3, -0.25) is 4.79 Å². The summed E-state index contributed by atoms with van der Waals surface area (Å²) in [6.07, 6.45) is 0.116. The SMILES string of the molecule is COc1ccc2c(N)c(C(=O)N(C)CCC(C)O)sc2c1. The van der Waals surface area contributed by atoms with Crippen LogP contribution in [0.4, 0.5) is 5.69 Å². The molecule has 1 heterocycles. The van der Waals surface area contributed by atoms with E-state index < -0.39 is 6.10 Å². The third-order valence-corrected chi connectivity index (χ3v) is 4.52. The highest BCUT2D eigenvalue weighted by molar-refractivity contribution is 7.21. The van der Waals surface area contributed by atoms with Crippen LogP contribution in [0.1, 0.15) is 23.0 Å². The fraction of sp³-hybridized carbons (Fsp3) is 0.400. The van der Waals surface area contributed by atoms with E-state index in [9.17, 15) is 9.90 Å². The van der Waals surface area contributed by atoms with Gasteiger partial charge in [0.15, 0.2) is 0 Å². The second-order valence-corrected chi connectivity index (χ2v) is 6.12. The lowest BCUT2D eigenvalue weighted by Gasteiger charge is -2.17. The van der Waals surface area contributed by atoms with Crippen molar-refractivity contribution in [2.45, 2.75) is 19.4 Å². The number of methoxy groups -OCH3 is 1. The molecule has 0 aliphatic heterocycles. The summed E-state index contributed by atoms with van der Waals surface area (Å²) in [5.74, 6) is 0.624. The Morgan fingerprint density at radius 3 is 2.86 bits per heavy atom. The van der Waals surface area contributed by atoms with Gasteiger partial charge in [-0.2, -0.15) is 0 Å². The fourth-order valence-electron chi connectivity index (χ4n) is 2.04. The summed E-state index contributed by atoms with van der Waals surface area (Å²) in [4.78, 5) is 14.6. The van der Waals surface area contributed by atoms with Crippen molar-refractivity contribution in [3.63, 3.8) is 0 Å². The summed E-state index contributed by atoms with van der Waals surface area (Å²) in [6, 6.07) is 5.58. The molecule has 0 radical (unpaired) electrons. The van der Waals surface area contributed by atoms with Gasteiger partial charge < -0.3 is 20.5 Å².